The molecule has 2 nitrogen and oxygen atoms in total. The number of aromatic nitrogens is 1. The standard InChI is InChI=1S/C12H17NO/c1-5-6-10-7-8-11(9(2)3)12(13-10)14-4/h5-9H,1-4H3/b6-5+. The first-order valence-electron chi connectivity index (χ1n) is 4.86. The van der Waals surface area contributed by atoms with E-state index < -0.39 is 0 Å². The van der Waals surface area contributed by atoms with Crippen molar-refractivity contribution in [2.45, 2.75) is 26.7 Å². The van der Waals surface area contributed by atoms with Crippen molar-refractivity contribution in [3.05, 3.63) is 29.5 Å². The second-order valence-electron chi connectivity index (χ2n) is 3.49. The summed E-state index contributed by atoms with van der Waals surface area (Å²) < 4.78 is 5.25. The van der Waals surface area contributed by atoms with Crippen LogP contribution in [0.3, 0.4) is 0 Å². The Morgan fingerprint density at radius 1 is 1.36 bits per heavy atom. The fraction of sp³-hybridized carbons (Fsp3) is 0.417. The van der Waals surface area contributed by atoms with E-state index in [9.17, 15) is 0 Å². The van der Waals surface area contributed by atoms with E-state index in [1.807, 2.05) is 25.1 Å². The third kappa shape index (κ3) is 2.34. The number of allylic oxidation sites excluding steroid dienone is 1. The molecule has 0 N–H and O–H groups in total. The quantitative estimate of drug-likeness (QED) is 0.731. The second kappa shape index (κ2) is 4.80. The summed E-state index contributed by atoms with van der Waals surface area (Å²) in [6.45, 7) is 6.24. The average Bonchev–Trinajstić information content (AvgIpc) is 2.17. The van der Waals surface area contributed by atoms with Crippen LogP contribution >= 0.6 is 0 Å². The molecule has 0 aliphatic rings. The Morgan fingerprint density at radius 3 is 2.57 bits per heavy atom. The summed E-state index contributed by atoms with van der Waals surface area (Å²) in [6, 6.07) is 4.09. The second-order valence-corrected chi connectivity index (χ2v) is 3.49. The zero-order chi connectivity index (χ0) is 10.6. The Hall–Kier alpha value is -1.31. The van der Waals surface area contributed by atoms with E-state index in [-0.39, 0.29) is 0 Å². The minimum Gasteiger partial charge on any atom is -0.481 e. The van der Waals surface area contributed by atoms with Gasteiger partial charge in [-0.3, -0.25) is 0 Å². The lowest BCUT2D eigenvalue weighted by molar-refractivity contribution is 0.390. The molecule has 0 atom stereocenters. The number of ether oxygens (including phenoxy) is 1. The number of nitrogens with zero attached hydrogens (tertiary/aromatic N) is 1. The summed E-state index contributed by atoms with van der Waals surface area (Å²) in [5.41, 5.74) is 2.09. The van der Waals surface area contributed by atoms with Crippen molar-refractivity contribution in [2.75, 3.05) is 7.11 Å². The fourth-order valence-corrected chi connectivity index (χ4v) is 1.33. The highest BCUT2D eigenvalue weighted by molar-refractivity contribution is 5.47. The summed E-state index contributed by atoms with van der Waals surface area (Å²) in [5.74, 6) is 1.17. The van der Waals surface area contributed by atoms with Gasteiger partial charge in [0.25, 0.3) is 0 Å². The third-order valence-electron chi connectivity index (χ3n) is 2.06. The maximum absolute atomic E-state index is 5.25. The summed E-state index contributed by atoms with van der Waals surface area (Å²) in [6.07, 6.45) is 3.93. The molecule has 0 radical (unpaired) electrons. The highest BCUT2D eigenvalue weighted by Crippen LogP contribution is 2.24. The topological polar surface area (TPSA) is 22.1 Å². The van der Waals surface area contributed by atoms with Gasteiger partial charge in [-0.2, -0.15) is 0 Å². The summed E-state index contributed by atoms with van der Waals surface area (Å²) in [5, 5.41) is 0. The summed E-state index contributed by atoms with van der Waals surface area (Å²) in [4.78, 5) is 4.39. The molecule has 1 rings (SSSR count). The number of hydrogen-bond acceptors (Lipinski definition) is 2. The molecule has 76 valence electrons. The van der Waals surface area contributed by atoms with Crippen LogP contribution in [0.1, 0.15) is 37.9 Å². The first kappa shape index (κ1) is 10.8. The van der Waals surface area contributed by atoms with E-state index in [0.29, 0.717) is 5.92 Å². The molecule has 0 amide bonds. The van der Waals surface area contributed by atoms with Gasteiger partial charge in [-0.1, -0.05) is 26.0 Å². The molecule has 1 aromatic heterocycles. The van der Waals surface area contributed by atoms with Gasteiger partial charge in [0.1, 0.15) is 0 Å². The molecular weight excluding hydrogens is 174 g/mol. The fourth-order valence-electron chi connectivity index (χ4n) is 1.33. The van der Waals surface area contributed by atoms with Crippen LogP contribution in [-0.2, 0) is 0 Å². The Kier molecular flexibility index (Phi) is 3.69. The van der Waals surface area contributed by atoms with E-state index in [1.54, 1.807) is 7.11 Å². The van der Waals surface area contributed by atoms with Crippen LogP contribution in [0.4, 0.5) is 0 Å². The van der Waals surface area contributed by atoms with Gasteiger partial charge < -0.3 is 4.74 Å². The van der Waals surface area contributed by atoms with Crippen LogP contribution in [0.2, 0.25) is 0 Å². The predicted molar refractivity (Wildman–Crippen MR) is 59.6 cm³/mol. The van der Waals surface area contributed by atoms with Gasteiger partial charge in [0.2, 0.25) is 5.88 Å². The number of hydrogen-bond donors (Lipinski definition) is 0. The zero-order valence-corrected chi connectivity index (χ0v) is 9.24. The van der Waals surface area contributed by atoms with Crippen molar-refractivity contribution < 1.29 is 4.74 Å². The molecule has 1 aromatic rings. The molecule has 2 heteroatoms. The molecule has 0 bridgehead atoms. The summed E-state index contributed by atoms with van der Waals surface area (Å²) in [7, 11) is 1.66. The lowest BCUT2D eigenvalue weighted by atomic mass is 10.0. The van der Waals surface area contributed by atoms with Crippen molar-refractivity contribution in [1.29, 1.82) is 0 Å². The van der Waals surface area contributed by atoms with Crippen molar-refractivity contribution in [3.8, 4) is 5.88 Å². The van der Waals surface area contributed by atoms with Crippen LogP contribution in [0.5, 0.6) is 5.88 Å². The molecule has 1 heterocycles. The first-order chi connectivity index (χ1) is 6.69. The highest BCUT2D eigenvalue weighted by Gasteiger charge is 2.08. The first-order valence-corrected chi connectivity index (χ1v) is 4.86. The van der Waals surface area contributed by atoms with Gasteiger partial charge in [-0.25, -0.2) is 4.98 Å². The maximum atomic E-state index is 5.25. The lowest BCUT2D eigenvalue weighted by Gasteiger charge is -2.10. The van der Waals surface area contributed by atoms with Crippen LogP contribution in [0.15, 0.2) is 18.2 Å². The van der Waals surface area contributed by atoms with Crippen LogP contribution in [0, 0.1) is 0 Å². The molecule has 0 spiro atoms. The normalized spacial score (nSPS) is 11.2. The maximum Gasteiger partial charge on any atom is 0.217 e. The van der Waals surface area contributed by atoms with Crippen molar-refractivity contribution in [1.82, 2.24) is 4.98 Å². The van der Waals surface area contributed by atoms with Crippen LogP contribution < -0.4 is 4.74 Å². The predicted octanol–water partition coefficient (Wildman–Crippen LogP) is 3.25. The molecule has 14 heavy (non-hydrogen) atoms. The van der Waals surface area contributed by atoms with Gasteiger partial charge in [0.05, 0.1) is 12.8 Å². The third-order valence-corrected chi connectivity index (χ3v) is 2.06. The molecule has 0 saturated carbocycles. The molecule has 0 aliphatic carbocycles. The van der Waals surface area contributed by atoms with Gasteiger partial charge in [-0.15, -0.1) is 0 Å². The van der Waals surface area contributed by atoms with Gasteiger partial charge in [0.15, 0.2) is 0 Å². The molecule has 0 unspecified atom stereocenters. The SMILES string of the molecule is C/C=C/c1ccc(C(C)C)c(OC)n1. The van der Waals surface area contributed by atoms with Crippen LogP contribution in [0.25, 0.3) is 6.08 Å². The lowest BCUT2D eigenvalue weighted by Crippen LogP contribution is -1.98. The van der Waals surface area contributed by atoms with Crippen molar-refractivity contribution in [2.24, 2.45) is 0 Å². The minimum atomic E-state index is 0.442. The van der Waals surface area contributed by atoms with Crippen LogP contribution in [-0.4, -0.2) is 12.1 Å². The Labute approximate surface area is 85.6 Å². The van der Waals surface area contributed by atoms with E-state index >= 15 is 0 Å². The largest absolute Gasteiger partial charge is 0.481 e. The smallest absolute Gasteiger partial charge is 0.217 e. The summed E-state index contributed by atoms with van der Waals surface area (Å²) >= 11 is 0. The monoisotopic (exact) mass is 191 g/mol. The van der Waals surface area contributed by atoms with Gasteiger partial charge in [0, 0.05) is 5.56 Å². The Balaban J connectivity index is 3.11. The Morgan fingerprint density at radius 2 is 2.07 bits per heavy atom. The number of methoxy groups -OCH3 is 1. The average molecular weight is 191 g/mol. The molecular formula is C12H17NO. The minimum absolute atomic E-state index is 0.442. The molecule has 0 aromatic carbocycles. The van der Waals surface area contributed by atoms with Gasteiger partial charge >= 0.3 is 0 Å². The van der Waals surface area contributed by atoms with E-state index in [2.05, 4.69) is 24.9 Å². The number of rotatable bonds is 3. The Bertz CT molecular complexity index is 329. The zero-order valence-electron chi connectivity index (χ0n) is 9.24. The molecule has 0 saturated heterocycles. The van der Waals surface area contributed by atoms with E-state index in [4.69, 9.17) is 4.74 Å². The van der Waals surface area contributed by atoms with Crippen molar-refractivity contribution >= 4 is 6.08 Å². The molecule has 0 aliphatic heterocycles. The highest BCUT2D eigenvalue weighted by atomic mass is 16.5. The van der Waals surface area contributed by atoms with Gasteiger partial charge in [-0.05, 0) is 25.0 Å². The van der Waals surface area contributed by atoms with E-state index in [0.717, 1.165) is 17.1 Å². The van der Waals surface area contributed by atoms with E-state index in [1.165, 1.54) is 0 Å². The molecule has 0 fully saturated rings. The van der Waals surface area contributed by atoms with Crippen molar-refractivity contribution in [3.63, 3.8) is 0 Å². The number of pyridine rings is 1.